The number of nitrogens with zero attached hydrogens (tertiary/aromatic N) is 4. The molecule has 0 aliphatic carbocycles. The monoisotopic (exact) mass is 778 g/mol. The zero-order valence-electron chi connectivity index (χ0n) is 33.2. The molecule has 0 saturated carbocycles. The fourth-order valence-electron chi connectivity index (χ4n) is 8.37. The van der Waals surface area contributed by atoms with Gasteiger partial charge in [0.15, 0.2) is 17.5 Å². The molecule has 0 amide bonds. The van der Waals surface area contributed by atoms with E-state index in [9.17, 15) is 0 Å². The molecule has 4 nitrogen and oxygen atoms in total. The third-order valence-corrected chi connectivity index (χ3v) is 11.5. The molecule has 0 aliphatic heterocycles. The molecule has 2 aromatic heterocycles. The molecule has 0 spiro atoms. The second kappa shape index (κ2) is 15.5. The molecule has 0 radical (unpaired) electrons. The van der Waals surface area contributed by atoms with Crippen LogP contribution < -0.4 is 0 Å². The van der Waals surface area contributed by atoms with Crippen LogP contribution in [0.1, 0.15) is 0 Å². The first-order valence-electron chi connectivity index (χ1n) is 20.6. The number of rotatable bonds is 8. The van der Waals surface area contributed by atoms with Crippen molar-refractivity contribution in [3.05, 3.63) is 231 Å². The van der Waals surface area contributed by atoms with Crippen LogP contribution in [0.25, 0.3) is 106 Å². The van der Waals surface area contributed by atoms with Crippen molar-refractivity contribution >= 4 is 21.8 Å². The van der Waals surface area contributed by atoms with Crippen molar-refractivity contribution in [3.63, 3.8) is 0 Å². The van der Waals surface area contributed by atoms with E-state index in [0.29, 0.717) is 17.5 Å². The van der Waals surface area contributed by atoms with Gasteiger partial charge in [-0.3, -0.25) is 0 Å². The van der Waals surface area contributed by atoms with Gasteiger partial charge in [-0.25, -0.2) is 15.0 Å². The Kier molecular flexibility index (Phi) is 9.14. The van der Waals surface area contributed by atoms with Gasteiger partial charge in [0.25, 0.3) is 0 Å². The van der Waals surface area contributed by atoms with Crippen LogP contribution in [0, 0.1) is 0 Å². The van der Waals surface area contributed by atoms with Crippen molar-refractivity contribution in [2.24, 2.45) is 0 Å². The molecule has 4 heteroatoms. The third-order valence-electron chi connectivity index (χ3n) is 11.5. The molecule has 0 atom stereocenters. The SMILES string of the molecule is c1ccc(-c2ccc(-c3cc(-c4ccc(-c5nc(-c6ccccc6)nc(-c6ccccc6)n5)cc4)cc(-c4ccc(-n5c6ccccc6c6ccccc65)cc4)c3)cc2)cc1. The van der Waals surface area contributed by atoms with Crippen LogP contribution in [0.4, 0.5) is 0 Å². The Bertz CT molecular complexity index is 3190. The molecule has 11 rings (SSSR count). The van der Waals surface area contributed by atoms with Gasteiger partial charge in [-0.1, -0.05) is 188 Å². The smallest absolute Gasteiger partial charge is 0.164 e. The lowest BCUT2D eigenvalue weighted by Gasteiger charge is -2.14. The summed E-state index contributed by atoms with van der Waals surface area (Å²) >= 11 is 0. The zero-order valence-corrected chi connectivity index (χ0v) is 33.2. The van der Waals surface area contributed by atoms with Crippen molar-refractivity contribution in [3.8, 4) is 84.4 Å². The lowest BCUT2D eigenvalue weighted by molar-refractivity contribution is 1.07. The summed E-state index contributed by atoms with van der Waals surface area (Å²) in [6.07, 6.45) is 0. The Balaban J connectivity index is 0.993. The van der Waals surface area contributed by atoms with Gasteiger partial charge in [-0.15, -0.1) is 0 Å². The van der Waals surface area contributed by atoms with Gasteiger partial charge in [-0.05, 0) is 87.0 Å². The van der Waals surface area contributed by atoms with Crippen molar-refractivity contribution in [1.82, 2.24) is 19.5 Å². The van der Waals surface area contributed by atoms with Crippen LogP contribution in [0.15, 0.2) is 231 Å². The van der Waals surface area contributed by atoms with Gasteiger partial charge in [0, 0.05) is 33.2 Å². The van der Waals surface area contributed by atoms with E-state index in [0.717, 1.165) is 55.8 Å². The molecule has 0 unspecified atom stereocenters. The highest BCUT2D eigenvalue weighted by molar-refractivity contribution is 6.09. The predicted octanol–water partition coefficient (Wildman–Crippen LogP) is 14.6. The fourth-order valence-corrected chi connectivity index (χ4v) is 8.37. The van der Waals surface area contributed by atoms with E-state index in [1.165, 1.54) is 32.9 Å². The summed E-state index contributed by atoms with van der Waals surface area (Å²) in [5.74, 6) is 1.93. The first-order valence-corrected chi connectivity index (χ1v) is 20.6. The van der Waals surface area contributed by atoms with Gasteiger partial charge in [0.2, 0.25) is 0 Å². The normalized spacial score (nSPS) is 11.3. The molecular formula is C57H38N4. The molecule has 2 heterocycles. The molecule has 0 saturated heterocycles. The number of fused-ring (bicyclic) bond motifs is 3. The maximum absolute atomic E-state index is 4.97. The average molecular weight is 779 g/mol. The Morgan fingerprint density at radius 1 is 0.230 bits per heavy atom. The van der Waals surface area contributed by atoms with Crippen molar-refractivity contribution in [2.45, 2.75) is 0 Å². The van der Waals surface area contributed by atoms with E-state index in [1.807, 2.05) is 60.7 Å². The molecule has 0 fully saturated rings. The van der Waals surface area contributed by atoms with E-state index in [1.54, 1.807) is 0 Å². The van der Waals surface area contributed by atoms with Gasteiger partial charge in [0.05, 0.1) is 11.0 Å². The Labute approximate surface area is 354 Å². The second-order valence-corrected chi connectivity index (χ2v) is 15.3. The molecule has 61 heavy (non-hydrogen) atoms. The van der Waals surface area contributed by atoms with Crippen molar-refractivity contribution in [2.75, 3.05) is 0 Å². The number of hydrogen-bond acceptors (Lipinski definition) is 3. The average Bonchev–Trinajstić information content (AvgIpc) is 3.69. The molecule has 9 aromatic carbocycles. The van der Waals surface area contributed by atoms with Gasteiger partial charge in [0.1, 0.15) is 0 Å². The number of benzene rings is 9. The molecular weight excluding hydrogens is 741 g/mol. The first-order chi connectivity index (χ1) is 30.2. The van der Waals surface area contributed by atoms with Crippen LogP contribution in [0.2, 0.25) is 0 Å². The third kappa shape index (κ3) is 6.96. The van der Waals surface area contributed by atoms with Gasteiger partial charge in [-0.2, -0.15) is 0 Å². The standard InChI is InChI=1S/C57H38N4/c1-4-14-39(15-5-1)40-24-26-41(27-25-40)47-36-48(38-49(37-47)43-32-34-50(35-33-43)61-53-22-12-10-20-51(53)52-21-11-13-23-54(52)61)42-28-30-46(31-29-42)57-59-55(44-16-6-2-7-17-44)58-56(60-57)45-18-8-3-9-19-45/h1-38H. The number of hydrogen-bond donors (Lipinski definition) is 0. The summed E-state index contributed by atoms with van der Waals surface area (Å²) in [5, 5.41) is 2.51. The molecule has 0 bridgehead atoms. The maximum Gasteiger partial charge on any atom is 0.164 e. The highest BCUT2D eigenvalue weighted by atomic mass is 15.0. The predicted molar refractivity (Wildman–Crippen MR) is 252 cm³/mol. The Hall–Kier alpha value is -8.21. The van der Waals surface area contributed by atoms with E-state index in [-0.39, 0.29) is 0 Å². The van der Waals surface area contributed by atoms with Crippen LogP contribution in [0.3, 0.4) is 0 Å². The minimum absolute atomic E-state index is 0.635. The minimum Gasteiger partial charge on any atom is -0.309 e. The summed E-state index contributed by atoms with van der Waals surface area (Å²) in [6.45, 7) is 0. The first kappa shape index (κ1) is 35.9. The Morgan fingerprint density at radius 2 is 0.508 bits per heavy atom. The highest BCUT2D eigenvalue weighted by Gasteiger charge is 2.15. The number of para-hydroxylation sites is 2. The second-order valence-electron chi connectivity index (χ2n) is 15.3. The van der Waals surface area contributed by atoms with Crippen LogP contribution in [-0.4, -0.2) is 19.5 Å². The number of aromatic nitrogens is 4. The van der Waals surface area contributed by atoms with Crippen LogP contribution in [-0.2, 0) is 0 Å². The molecule has 11 aromatic rings. The minimum atomic E-state index is 0.635. The van der Waals surface area contributed by atoms with E-state index in [4.69, 9.17) is 15.0 Å². The van der Waals surface area contributed by atoms with Gasteiger partial charge < -0.3 is 4.57 Å². The lowest BCUT2D eigenvalue weighted by Crippen LogP contribution is -2.00. The molecule has 286 valence electrons. The zero-order chi connectivity index (χ0) is 40.5. The highest BCUT2D eigenvalue weighted by Crippen LogP contribution is 2.37. The summed E-state index contributed by atoms with van der Waals surface area (Å²) in [4.78, 5) is 14.8. The van der Waals surface area contributed by atoms with Gasteiger partial charge >= 0.3 is 0 Å². The van der Waals surface area contributed by atoms with Crippen LogP contribution >= 0.6 is 0 Å². The fraction of sp³-hybridized carbons (Fsp3) is 0. The Morgan fingerprint density at radius 3 is 0.918 bits per heavy atom. The summed E-state index contributed by atoms with van der Waals surface area (Å²) in [5.41, 5.74) is 15.6. The molecule has 0 N–H and O–H groups in total. The quantitative estimate of drug-likeness (QED) is 0.154. The van der Waals surface area contributed by atoms with Crippen LogP contribution in [0.5, 0.6) is 0 Å². The topological polar surface area (TPSA) is 43.6 Å². The van der Waals surface area contributed by atoms with E-state index < -0.39 is 0 Å². The van der Waals surface area contributed by atoms with E-state index in [2.05, 4.69) is 174 Å². The molecule has 0 aliphatic rings. The lowest BCUT2D eigenvalue weighted by atomic mass is 9.92. The summed E-state index contributed by atoms with van der Waals surface area (Å²) in [7, 11) is 0. The van der Waals surface area contributed by atoms with E-state index >= 15 is 0 Å². The summed E-state index contributed by atoms with van der Waals surface area (Å²) < 4.78 is 2.37. The maximum atomic E-state index is 4.97. The van der Waals surface area contributed by atoms with Crippen molar-refractivity contribution in [1.29, 1.82) is 0 Å². The van der Waals surface area contributed by atoms with Crippen molar-refractivity contribution < 1.29 is 0 Å². The largest absolute Gasteiger partial charge is 0.309 e. The summed E-state index contributed by atoms with van der Waals surface area (Å²) in [6, 6.07) is 81.4.